The topological polar surface area (TPSA) is 58.2 Å². The Morgan fingerprint density at radius 1 is 1.24 bits per heavy atom. The fourth-order valence-electron chi connectivity index (χ4n) is 1.65. The molecule has 110 valence electrons. The average molecular weight is 371 g/mol. The second-order valence-corrected chi connectivity index (χ2v) is 6.77. The largest absolute Gasteiger partial charge is 0.324 e. The molecule has 21 heavy (non-hydrogen) atoms. The van der Waals surface area contributed by atoms with Gasteiger partial charge in [-0.2, -0.15) is 0 Å². The summed E-state index contributed by atoms with van der Waals surface area (Å²) >= 11 is 4.68. The molecular weight excluding hydrogens is 359 g/mol. The van der Waals surface area contributed by atoms with Crippen molar-refractivity contribution < 1.29 is 14.0 Å². The van der Waals surface area contributed by atoms with Crippen molar-refractivity contribution in [2.24, 2.45) is 0 Å². The van der Waals surface area contributed by atoms with Gasteiger partial charge in [-0.05, 0) is 52.7 Å². The Labute approximate surface area is 133 Å². The molecule has 0 saturated carbocycles. The molecule has 2 aromatic rings. The second kappa shape index (κ2) is 6.36. The number of halogens is 2. The highest BCUT2D eigenvalue weighted by Crippen LogP contribution is 2.28. The molecule has 0 unspecified atom stereocenters. The maximum atomic E-state index is 13.5. The van der Waals surface area contributed by atoms with E-state index in [0.717, 1.165) is 9.35 Å². The fraction of sp³-hybridized carbons (Fsp3) is 0.143. The minimum atomic E-state index is -0.557. The Morgan fingerprint density at radius 3 is 2.52 bits per heavy atom. The van der Waals surface area contributed by atoms with Gasteiger partial charge in [0.05, 0.1) is 14.4 Å². The zero-order valence-corrected chi connectivity index (χ0v) is 13.7. The number of aryl methyl sites for hydroxylation is 1. The van der Waals surface area contributed by atoms with E-state index in [4.69, 9.17) is 0 Å². The summed E-state index contributed by atoms with van der Waals surface area (Å²) in [5.41, 5.74) is 1.42. The molecule has 0 saturated heterocycles. The summed E-state index contributed by atoms with van der Waals surface area (Å²) in [7, 11) is 0. The molecule has 2 N–H and O–H groups in total. The lowest BCUT2D eigenvalue weighted by molar-refractivity contribution is -0.114. The third-order valence-corrected chi connectivity index (χ3v) is 4.75. The third kappa shape index (κ3) is 3.89. The van der Waals surface area contributed by atoms with Crippen molar-refractivity contribution in [1.29, 1.82) is 0 Å². The van der Waals surface area contributed by atoms with Gasteiger partial charge in [-0.15, -0.1) is 11.3 Å². The zero-order chi connectivity index (χ0) is 15.6. The van der Waals surface area contributed by atoms with Crippen molar-refractivity contribution in [2.75, 3.05) is 10.6 Å². The number of rotatable bonds is 3. The quantitative estimate of drug-likeness (QED) is 0.851. The van der Waals surface area contributed by atoms with Crippen LogP contribution in [0.15, 0.2) is 28.1 Å². The van der Waals surface area contributed by atoms with Crippen LogP contribution < -0.4 is 10.6 Å². The number of nitrogens with one attached hydrogen (secondary N) is 2. The van der Waals surface area contributed by atoms with Crippen LogP contribution in [0.3, 0.4) is 0 Å². The van der Waals surface area contributed by atoms with E-state index in [9.17, 15) is 14.0 Å². The SMILES string of the molecule is CC(=O)Nc1cc(NC(=O)c2cc(C)c(Br)s2)ccc1F. The minimum absolute atomic E-state index is 0.0313. The lowest BCUT2D eigenvalue weighted by Gasteiger charge is -2.08. The first-order valence-electron chi connectivity index (χ1n) is 6.01. The number of anilines is 2. The molecule has 0 spiro atoms. The highest BCUT2D eigenvalue weighted by molar-refractivity contribution is 9.11. The highest BCUT2D eigenvalue weighted by Gasteiger charge is 2.13. The molecule has 1 heterocycles. The van der Waals surface area contributed by atoms with Crippen molar-refractivity contribution >= 4 is 50.5 Å². The molecule has 0 bridgehead atoms. The number of thiophene rings is 1. The monoisotopic (exact) mass is 370 g/mol. The van der Waals surface area contributed by atoms with Crippen LogP contribution >= 0.6 is 27.3 Å². The van der Waals surface area contributed by atoms with Crippen LogP contribution in [0.5, 0.6) is 0 Å². The Hall–Kier alpha value is -1.73. The number of carbonyl (C=O) groups excluding carboxylic acids is 2. The maximum absolute atomic E-state index is 13.5. The lowest BCUT2D eigenvalue weighted by atomic mass is 10.2. The van der Waals surface area contributed by atoms with E-state index in [1.54, 1.807) is 6.07 Å². The van der Waals surface area contributed by atoms with E-state index in [1.165, 1.54) is 36.5 Å². The summed E-state index contributed by atoms with van der Waals surface area (Å²) < 4.78 is 14.4. The molecule has 2 amide bonds. The summed E-state index contributed by atoms with van der Waals surface area (Å²) in [6.07, 6.45) is 0. The van der Waals surface area contributed by atoms with Gasteiger partial charge in [0, 0.05) is 12.6 Å². The Kier molecular flexibility index (Phi) is 4.74. The van der Waals surface area contributed by atoms with Gasteiger partial charge in [0.15, 0.2) is 0 Å². The van der Waals surface area contributed by atoms with Crippen LogP contribution in [0.2, 0.25) is 0 Å². The Bertz CT molecular complexity index is 695. The van der Waals surface area contributed by atoms with Crippen LogP contribution in [0.25, 0.3) is 0 Å². The van der Waals surface area contributed by atoms with Gasteiger partial charge in [-0.25, -0.2) is 4.39 Å². The Morgan fingerprint density at radius 2 is 1.95 bits per heavy atom. The van der Waals surface area contributed by atoms with Crippen molar-refractivity contribution in [3.63, 3.8) is 0 Å². The minimum Gasteiger partial charge on any atom is -0.324 e. The molecule has 1 aromatic heterocycles. The van der Waals surface area contributed by atoms with Crippen LogP contribution in [-0.2, 0) is 4.79 Å². The average Bonchev–Trinajstić information content (AvgIpc) is 2.73. The molecule has 0 aliphatic carbocycles. The van der Waals surface area contributed by atoms with E-state index < -0.39 is 5.82 Å². The molecule has 0 atom stereocenters. The predicted molar refractivity (Wildman–Crippen MR) is 85.4 cm³/mol. The molecule has 1 aromatic carbocycles. The fourth-order valence-corrected chi connectivity index (χ4v) is 3.08. The van der Waals surface area contributed by atoms with Crippen LogP contribution in [0.1, 0.15) is 22.2 Å². The van der Waals surface area contributed by atoms with E-state index in [2.05, 4.69) is 26.6 Å². The molecule has 0 fully saturated rings. The van der Waals surface area contributed by atoms with Crippen molar-refractivity contribution in [3.8, 4) is 0 Å². The lowest BCUT2D eigenvalue weighted by Crippen LogP contribution is -2.12. The van der Waals surface area contributed by atoms with Crippen LogP contribution in [0.4, 0.5) is 15.8 Å². The van der Waals surface area contributed by atoms with Gasteiger partial charge in [-0.1, -0.05) is 0 Å². The Balaban J connectivity index is 2.19. The van der Waals surface area contributed by atoms with E-state index in [1.807, 2.05) is 6.92 Å². The summed E-state index contributed by atoms with van der Waals surface area (Å²) in [4.78, 5) is 23.6. The van der Waals surface area contributed by atoms with E-state index >= 15 is 0 Å². The first-order valence-corrected chi connectivity index (χ1v) is 7.62. The summed E-state index contributed by atoms with van der Waals surface area (Å²) in [5.74, 6) is -1.22. The van der Waals surface area contributed by atoms with Gasteiger partial charge >= 0.3 is 0 Å². The molecule has 0 aliphatic heterocycles. The molecular formula is C14H12BrFN2O2S. The van der Waals surface area contributed by atoms with Crippen molar-refractivity contribution in [2.45, 2.75) is 13.8 Å². The van der Waals surface area contributed by atoms with Gasteiger partial charge in [0.2, 0.25) is 5.91 Å². The van der Waals surface area contributed by atoms with Gasteiger partial charge < -0.3 is 10.6 Å². The molecule has 4 nitrogen and oxygen atoms in total. The van der Waals surface area contributed by atoms with Gasteiger partial charge in [0.25, 0.3) is 5.91 Å². The van der Waals surface area contributed by atoms with E-state index in [-0.39, 0.29) is 17.5 Å². The molecule has 7 heteroatoms. The third-order valence-electron chi connectivity index (χ3n) is 2.62. The van der Waals surface area contributed by atoms with Crippen LogP contribution in [0, 0.1) is 12.7 Å². The van der Waals surface area contributed by atoms with Gasteiger partial charge in [-0.3, -0.25) is 9.59 Å². The summed E-state index contributed by atoms with van der Waals surface area (Å²) in [6.45, 7) is 3.18. The number of amides is 2. The standard InChI is InChI=1S/C14H12BrFN2O2S/c1-7-5-12(21-13(7)15)14(20)18-9-3-4-10(16)11(6-9)17-8(2)19/h3-6H,1-2H3,(H,17,19)(H,18,20). The van der Waals surface area contributed by atoms with Crippen molar-refractivity contribution in [1.82, 2.24) is 0 Å². The van der Waals surface area contributed by atoms with Crippen LogP contribution in [-0.4, -0.2) is 11.8 Å². The summed E-state index contributed by atoms with van der Waals surface area (Å²) in [5, 5.41) is 5.04. The maximum Gasteiger partial charge on any atom is 0.265 e. The smallest absolute Gasteiger partial charge is 0.265 e. The molecule has 0 aliphatic rings. The predicted octanol–water partition coefficient (Wildman–Crippen LogP) is 4.17. The number of carbonyl (C=O) groups is 2. The zero-order valence-electron chi connectivity index (χ0n) is 11.3. The number of benzene rings is 1. The first-order chi connectivity index (χ1) is 9.86. The van der Waals surface area contributed by atoms with E-state index in [0.29, 0.717) is 10.6 Å². The second-order valence-electron chi connectivity index (χ2n) is 4.40. The molecule has 2 rings (SSSR count). The normalized spacial score (nSPS) is 10.3. The summed E-state index contributed by atoms with van der Waals surface area (Å²) in [6, 6.07) is 5.77. The molecule has 0 radical (unpaired) electrons. The van der Waals surface area contributed by atoms with Crippen molar-refractivity contribution in [3.05, 3.63) is 44.3 Å². The number of hydrogen-bond donors (Lipinski definition) is 2. The highest BCUT2D eigenvalue weighted by atomic mass is 79.9. The number of hydrogen-bond acceptors (Lipinski definition) is 3. The first kappa shape index (κ1) is 15.7. The van der Waals surface area contributed by atoms with Gasteiger partial charge in [0.1, 0.15) is 5.82 Å².